The zero-order valence-corrected chi connectivity index (χ0v) is 9.87. The summed E-state index contributed by atoms with van der Waals surface area (Å²) >= 11 is 0. The number of hydrogen-bond donors (Lipinski definition) is 1. The molecule has 1 N–H and O–H groups in total. The van der Waals surface area contributed by atoms with Crippen molar-refractivity contribution in [3.8, 4) is 0 Å². The molecule has 15 heavy (non-hydrogen) atoms. The van der Waals surface area contributed by atoms with Crippen LogP contribution in [-0.4, -0.2) is 23.9 Å². The molecule has 2 rings (SSSR count). The van der Waals surface area contributed by atoms with Crippen LogP contribution in [0.3, 0.4) is 0 Å². The second-order valence-electron chi connectivity index (χ2n) is 5.30. The summed E-state index contributed by atoms with van der Waals surface area (Å²) in [5.74, 6) is 0.497. The molecule has 0 aromatic carbocycles. The van der Waals surface area contributed by atoms with E-state index in [0.717, 1.165) is 12.8 Å². The maximum absolute atomic E-state index is 10.8. The van der Waals surface area contributed by atoms with Crippen LogP contribution in [0.25, 0.3) is 0 Å². The molecule has 2 aliphatic rings. The predicted molar refractivity (Wildman–Crippen MR) is 60.8 cm³/mol. The standard InChI is InChI=1S/C13H24O2/c1-15-12-9-5-6-10-13(12,14)11-7-3-2-4-8-11/h11-12,14H,2-10H2,1H3. The van der Waals surface area contributed by atoms with Crippen LogP contribution < -0.4 is 0 Å². The number of ether oxygens (including phenoxy) is 1. The van der Waals surface area contributed by atoms with Crippen molar-refractivity contribution in [3.05, 3.63) is 0 Å². The Hall–Kier alpha value is -0.0800. The van der Waals surface area contributed by atoms with Gasteiger partial charge in [-0.05, 0) is 31.6 Å². The van der Waals surface area contributed by atoms with E-state index in [1.165, 1.54) is 44.9 Å². The van der Waals surface area contributed by atoms with E-state index in [9.17, 15) is 5.11 Å². The molecule has 2 atom stereocenters. The quantitative estimate of drug-likeness (QED) is 0.762. The second-order valence-corrected chi connectivity index (χ2v) is 5.30. The van der Waals surface area contributed by atoms with E-state index in [2.05, 4.69) is 0 Å². The van der Waals surface area contributed by atoms with Crippen LogP contribution in [0.15, 0.2) is 0 Å². The van der Waals surface area contributed by atoms with E-state index >= 15 is 0 Å². The maximum Gasteiger partial charge on any atom is 0.0935 e. The van der Waals surface area contributed by atoms with Crippen LogP contribution in [-0.2, 0) is 4.74 Å². The molecule has 2 aliphatic carbocycles. The highest BCUT2D eigenvalue weighted by Crippen LogP contribution is 2.42. The lowest BCUT2D eigenvalue weighted by molar-refractivity contribution is -0.155. The van der Waals surface area contributed by atoms with Gasteiger partial charge in [0.25, 0.3) is 0 Å². The highest BCUT2D eigenvalue weighted by molar-refractivity contribution is 4.97. The van der Waals surface area contributed by atoms with Crippen molar-refractivity contribution in [2.24, 2.45) is 5.92 Å². The van der Waals surface area contributed by atoms with Gasteiger partial charge in [0.2, 0.25) is 0 Å². The van der Waals surface area contributed by atoms with Gasteiger partial charge in [0.1, 0.15) is 0 Å². The number of methoxy groups -OCH3 is 1. The van der Waals surface area contributed by atoms with Crippen molar-refractivity contribution in [1.29, 1.82) is 0 Å². The zero-order valence-electron chi connectivity index (χ0n) is 9.87. The van der Waals surface area contributed by atoms with E-state index in [-0.39, 0.29) is 6.10 Å². The van der Waals surface area contributed by atoms with E-state index in [0.29, 0.717) is 5.92 Å². The molecule has 2 fully saturated rings. The molecular weight excluding hydrogens is 188 g/mol. The molecular formula is C13H24O2. The highest BCUT2D eigenvalue weighted by atomic mass is 16.5. The molecule has 0 aromatic heterocycles. The van der Waals surface area contributed by atoms with Crippen molar-refractivity contribution in [2.45, 2.75) is 69.5 Å². The average molecular weight is 212 g/mol. The summed E-state index contributed by atoms with van der Waals surface area (Å²) in [4.78, 5) is 0. The van der Waals surface area contributed by atoms with Crippen molar-refractivity contribution < 1.29 is 9.84 Å². The first-order valence-electron chi connectivity index (χ1n) is 6.52. The van der Waals surface area contributed by atoms with Gasteiger partial charge in [0.15, 0.2) is 0 Å². The van der Waals surface area contributed by atoms with Gasteiger partial charge in [-0.25, -0.2) is 0 Å². The third kappa shape index (κ3) is 2.21. The largest absolute Gasteiger partial charge is 0.387 e. The minimum atomic E-state index is -0.507. The maximum atomic E-state index is 10.8. The molecule has 0 bridgehead atoms. The Morgan fingerprint density at radius 3 is 2.33 bits per heavy atom. The van der Waals surface area contributed by atoms with Gasteiger partial charge in [-0.3, -0.25) is 0 Å². The zero-order chi connectivity index (χ0) is 10.7. The van der Waals surface area contributed by atoms with Crippen molar-refractivity contribution in [3.63, 3.8) is 0 Å². The second kappa shape index (κ2) is 4.84. The molecule has 2 saturated carbocycles. The minimum absolute atomic E-state index is 0.0920. The molecule has 2 nitrogen and oxygen atoms in total. The molecule has 0 radical (unpaired) electrons. The number of rotatable bonds is 2. The smallest absolute Gasteiger partial charge is 0.0935 e. The highest BCUT2D eigenvalue weighted by Gasteiger charge is 2.45. The summed E-state index contributed by atoms with van der Waals surface area (Å²) in [6, 6.07) is 0. The van der Waals surface area contributed by atoms with Crippen molar-refractivity contribution in [1.82, 2.24) is 0 Å². The summed E-state index contributed by atoms with van der Waals surface area (Å²) in [6.45, 7) is 0. The fourth-order valence-electron chi connectivity index (χ4n) is 3.54. The third-order valence-electron chi connectivity index (χ3n) is 4.45. The Bertz CT molecular complexity index is 199. The summed E-state index contributed by atoms with van der Waals surface area (Å²) in [6.07, 6.45) is 10.8. The van der Waals surface area contributed by atoms with Crippen LogP contribution in [0.2, 0.25) is 0 Å². The van der Waals surface area contributed by atoms with E-state index in [1.807, 2.05) is 0 Å². The molecule has 2 heteroatoms. The van der Waals surface area contributed by atoms with Crippen LogP contribution in [0, 0.1) is 5.92 Å². The summed E-state index contributed by atoms with van der Waals surface area (Å²) < 4.78 is 5.51. The Labute approximate surface area is 93.0 Å². The van der Waals surface area contributed by atoms with E-state index in [4.69, 9.17) is 4.74 Å². The fourth-order valence-corrected chi connectivity index (χ4v) is 3.54. The molecule has 0 amide bonds. The summed E-state index contributed by atoms with van der Waals surface area (Å²) in [7, 11) is 1.75. The molecule has 0 aliphatic heterocycles. The Kier molecular flexibility index (Phi) is 3.68. The van der Waals surface area contributed by atoms with E-state index in [1.54, 1.807) is 7.11 Å². The van der Waals surface area contributed by atoms with Gasteiger partial charge in [0.05, 0.1) is 11.7 Å². The van der Waals surface area contributed by atoms with Gasteiger partial charge >= 0.3 is 0 Å². The van der Waals surface area contributed by atoms with E-state index < -0.39 is 5.60 Å². The van der Waals surface area contributed by atoms with Gasteiger partial charge < -0.3 is 9.84 Å². The molecule has 0 spiro atoms. The Morgan fingerprint density at radius 1 is 1.00 bits per heavy atom. The van der Waals surface area contributed by atoms with Crippen LogP contribution in [0.1, 0.15) is 57.8 Å². The van der Waals surface area contributed by atoms with Gasteiger partial charge in [-0.2, -0.15) is 0 Å². The third-order valence-corrected chi connectivity index (χ3v) is 4.45. The van der Waals surface area contributed by atoms with Gasteiger partial charge in [-0.1, -0.05) is 32.1 Å². The first-order valence-corrected chi connectivity index (χ1v) is 6.52. The van der Waals surface area contributed by atoms with Crippen molar-refractivity contribution in [2.75, 3.05) is 7.11 Å². The topological polar surface area (TPSA) is 29.5 Å². The first kappa shape index (κ1) is 11.4. The lowest BCUT2D eigenvalue weighted by Crippen LogP contribution is -2.52. The molecule has 0 aromatic rings. The molecule has 0 heterocycles. The monoisotopic (exact) mass is 212 g/mol. The first-order chi connectivity index (χ1) is 7.27. The average Bonchev–Trinajstić information content (AvgIpc) is 2.31. The van der Waals surface area contributed by atoms with Gasteiger partial charge in [0, 0.05) is 7.11 Å². The van der Waals surface area contributed by atoms with Gasteiger partial charge in [-0.15, -0.1) is 0 Å². The SMILES string of the molecule is COC1CCCCC1(O)C1CCCCC1. The summed E-state index contributed by atoms with van der Waals surface area (Å²) in [5, 5.41) is 10.8. The number of aliphatic hydroxyl groups is 1. The normalized spacial score (nSPS) is 39.2. The Balaban J connectivity index is 2.06. The van der Waals surface area contributed by atoms with Crippen LogP contribution in [0.4, 0.5) is 0 Å². The molecule has 0 saturated heterocycles. The van der Waals surface area contributed by atoms with Crippen LogP contribution >= 0.6 is 0 Å². The Morgan fingerprint density at radius 2 is 1.67 bits per heavy atom. The van der Waals surface area contributed by atoms with Crippen LogP contribution in [0.5, 0.6) is 0 Å². The lowest BCUT2D eigenvalue weighted by atomic mass is 9.68. The fraction of sp³-hybridized carbons (Fsp3) is 1.00. The predicted octanol–water partition coefficient (Wildman–Crippen LogP) is 2.89. The molecule has 88 valence electrons. The number of hydrogen-bond acceptors (Lipinski definition) is 2. The summed E-state index contributed by atoms with van der Waals surface area (Å²) in [5.41, 5.74) is -0.507. The minimum Gasteiger partial charge on any atom is -0.387 e. The molecule has 2 unspecified atom stereocenters. The van der Waals surface area contributed by atoms with Crippen molar-refractivity contribution >= 4 is 0 Å². The lowest BCUT2D eigenvalue weighted by Gasteiger charge is -2.46.